The van der Waals surface area contributed by atoms with Gasteiger partial charge in [0, 0.05) is 19.0 Å². The zero-order chi connectivity index (χ0) is 22.9. The molecule has 3 rings (SSSR count). The lowest BCUT2D eigenvalue weighted by atomic mass is 10.1. The number of furan rings is 1. The highest BCUT2D eigenvalue weighted by molar-refractivity contribution is 8.26. The van der Waals surface area contributed by atoms with Crippen LogP contribution in [0.15, 0.2) is 33.6 Å². The number of rotatable bonds is 6. The second-order valence-electron chi connectivity index (χ2n) is 6.35. The fraction of sp³-hybridized carbons (Fsp3) is 0.211. The van der Waals surface area contributed by atoms with Crippen molar-refractivity contribution in [3.63, 3.8) is 0 Å². The average Bonchev–Trinajstić information content (AvgIpc) is 3.20. The Balaban J connectivity index is 1.82. The summed E-state index contributed by atoms with van der Waals surface area (Å²) < 4.78 is 44.6. The van der Waals surface area contributed by atoms with Crippen LogP contribution in [0, 0.1) is 0 Å². The van der Waals surface area contributed by atoms with Crippen LogP contribution in [-0.4, -0.2) is 32.7 Å². The Hall–Kier alpha value is -2.01. The molecule has 1 aromatic carbocycles. The molecule has 0 radical (unpaired) electrons. The number of carboxylic acid groups (broad SMARTS) is 1. The number of carbonyl (C=O) groups excluding carboxylic acids is 1. The summed E-state index contributed by atoms with van der Waals surface area (Å²) in [6.45, 7) is 0.175. The van der Waals surface area contributed by atoms with Crippen molar-refractivity contribution in [3.8, 4) is 11.3 Å². The molecule has 1 aliphatic rings. The monoisotopic (exact) mass is 509 g/mol. The van der Waals surface area contributed by atoms with Gasteiger partial charge in [0.15, 0.2) is 0 Å². The SMILES string of the molecule is O=C(O)CCCN1C(=O)/C(=C\c2ccc(-c3c(Cl)cc(C(F)(F)F)cc3Cl)o2)SC1=S. The number of amides is 1. The maximum Gasteiger partial charge on any atom is 0.416 e. The van der Waals surface area contributed by atoms with Gasteiger partial charge < -0.3 is 9.52 Å². The van der Waals surface area contributed by atoms with E-state index in [4.69, 9.17) is 44.9 Å². The van der Waals surface area contributed by atoms with E-state index in [1.165, 1.54) is 23.1 Å². The highest BCUT2D eigenvalue weighted by Gasteiger charge is 2.33. The molecule has 1 amide bonds. The number of halogens is 5. The fourth-order valence-corrected chi connectivity index (χ4v) is 4.71. The standard InChI is InChI=1S/C19H12Cl2F3NO4S2/c20-11-6-9(19(22,23)24)7-12(21)16(11)13-4-3-10(29-13)8-14-17(28)25(18(30)31-14)5-1-2-15(26)27/h3-4,6-8H,1-2,5H2,(H,26,27)/b14-8+. The number of hydrogen-bond donors (Lipinski definition) is 1. The van der Waals surface area contributed by atoms with E-state index < -0.39 is 17.7 Å². The van der Waals surface area contributed by atoms with E-state index >= 15 is 0 Å². The summed E-state index contributed by atoms with van der Waals surface area (Å²) >= 11 is 18.2. The number of benzene rings is 1. The molecule has 0 spiro atoms. The fourth-order valence-electron chi connectivity index (χ4n) is 2.75. The van der Waals surface area contributed by atoms with Crippen molar-refractivity contribution >= 4 is 69.5 Å². The minimum Gasteiger partial charge on any atom is -0.481 e. The van der Waals surface area contributed by atoms with Gasteiger partial charge in [-0.15, -0.1) is 0 Å². The van der Waals surface area contributed by atoms with E-state index in [9.17, 15) is 22.8 Å². The van der Waals surface area contributed by atoms with Crippen LogP contribution in [0.2, 0.25) is 10.0 Å². The van der Waals surface area contributed by atoms with Gasteiger partial charge in [0.25, 0.3) is 5.91 Å². The van der Waals surface area contributed by atoms with Gasteiger partial charge in [0.2, 0.25) is 0 Å². The molecule has 0 aliphatic carbocycles. The van der Waals surface area contributed by atoms with Crippen LogP contribution in [0.4, 0.5) is 13.2 Å². The van der Waals surface area contributed by atoms with E-state index in [0.29, 0.717) is 4.32 Å². The molecule has 1 fully saturated rings. The predicted octanol–water partition coefficient (Wildman–Crippen LogP) is 6.34. The summed E-state index contributed by atoms with van der Waals surface area (Å²) in [6, 6.07) is 4.50. The Morgan fingerprint density at radius 3 is 2.48 bits per heavy atom. The molecule has 1 saturated heterocycles. The Morgan fingerprint density at radius 1 is 1.26 bits per heavy atom. The van der Waals surface area contributed by atoms with Crippen molar-refractivity contribution in [1.82, 2.24) is 4.90 Å². The molecule has 1 aromatic heterocycles. The van der Waals surface area contributed by atoms with Crippen LogP contribution in [-0.2, 0) is 15.8 Å². The molecule has 2 heterocycles. The topological polar surface area (TPSA) is 70.8 Å². The molecule has 0 unspecified atom stereocenters. The molecule has 12 heteroatoms. The molecular weight excluding hydrogens is 498 g/mol. The van der Waals surface area contributed by atoms with Gasteiger partial charge in [-0.2, -0.15) is 13.2 Å². The van der Waals surface area contributed by atoms with Gasteiger partial charge in [0.05, 0.1) is 26.1 Å². The molecular formula is C19H12Cl2F3NO4S2. The molecule has 164 valence electrons. The second-order valence-corrected chi connectivity index (χ2v) is 8.84. The first-order valence-electron chi connectivity index (χ1n) is 8.61. The maximum atomic E-state index is 12.9. The van der Waals surface area contributed by atoms with Crippen molar-refractivity contribution in [2.24, 2.45) is 0 Å². The molecule has 1 aliphatic heterocycles. The third-order valence-corrected chi connectivity index (χ3v) is 6.14. The van der Waals surface area contributed by atoms with Gasteiger partial charge in [0.1, 0.15) is 15.8 Å². The van der Waals surface area contributed by atoms with E-state index in [1.54, 1.807) is 0 Å². The molecule has 5 nitrogen and oxygen atoms in total. The Kier molecular flexibility index (Phi) is 7.04. The molecule has 0 saturated carbocycles. The largest absolute Gasteiger partial charge is 0.481 e. The number of carbonyl (C=O) groups is 2. The molecule has 0 atom stereocenters. The highest BCUT2D eigenvalue weighted by atomic mass is 35.5. The summed E-state index contributed by atoms with van der Waals surface area (Å²) in [4.78, 5) is 24.7. The van der Waals surface area contributed by atoms with Gasteiger partial charge in [-0.05, 0) is 30.7 Å². The summed E-state index contributed by atoms with van der Waals surface area (Å²) in [6.07, 6.45) is -3.00. The number of thioether (sulfide) groups is 1. The first-order valence-corrected chi connectivity index (χ1v) is 10.6. The van der Waals surface area contributed by atoms with Crippen LogP contribution < -0.4 is 0 Å². The van der Waals surface area contributed by atoms with Gasteiger partial charge in [-0.1, -0.05) is 47.2 Å². The third kappa shape index (κ3) is 5.43. The van der Waals surface area contributed by atoms with E-state index in [-0.39, 0.29) is 57.3 Å². The van der Waals surface area contributed by atoms with Crippen molar-refractivity contribution in [3.05, 3.63) is 50.5 Å². The lowest BCUT2D eigenvalue weighted by molar-refractivity contribution is -0.138. The normalized spacial score (nSPS) is 15.9. The summed E-state index contributed by atoms with van der Waals surface area (Å²) in [5.41, 5.74) is -0.887. The third-order valence-electron chi connectivity index (χ3n) is 4.16. The van der Waals surface area contributed by atoms with Crippen LogP contribution in [0.5, 0.6) is 0 Å². The molecule has 1 N–H and O–H groups in total. The first kappa shape index (κ1) is 23.6. The second kappa shape index (κ2) is 9.23. The molecule has 2 aromatic rings. The van der Waals surface area contributed by atoms with Gasteiger partial charge in [-0.3, -0.25) is 14.5 Å². The smallest absolute Gasteiger partial charge is 0.416 e. The van der Waals surface area contributed by atoms with Crippen LogP contribution >= 0.6 is 47.2 Å². The van der Waals surface area contributed by atoms with Crippen LogP contribution in [0.1, 0.15) is 24.2 Å². The van der Waals surface area contributed by atoms with Gasteiger partial charge >= 0.3 is 12.1 Å². The Morgan fingerprint density at radius 2 is 1.90 bits per heavy atom. The number of nitrogens with zero attached hydrogens (tertiary/aromatic N) is 1. The predicted molar refractivity (Wildman–Crippen MR) is 116 cm³/mol. The maximum absolute atomic E-state index is 12.9. The Bertz CT molecular complexity index is 1080. The summed E-state index contributed by atoms with van der Waals surface area (Å²) in [5.74, 6) is -0.978. The van der Waals surface area contributed by atoms with Crippen molar-refractivity contribution in [2.75, 3.05) is 6.54 Å². The zero-order valence-corrected chi connectivity index (χ0v) is 18.5. The quantitative estimate of drug-likeness (QED) is 0.362. The minimum atomic E-state index is -4.60. The molecule has 0 bridgehead atoms. The zero-order valence-electron chi connectivity index (χ0n) is 15.3. The average molecular weight is 510 g/mol. The molecule has 31 heavy (non-hydrogen) atoms. The van der Waals surface area contributed by atoms with E-state index in [2.05, 4.69) is 0 Å². The number of hydrogen-bond acceptors (Lipinski definition) is 5. The summed E-state index contributed by atoms with van der Waals surface area (Å²) in [7, 11) is 0. The van der Waals surface area contributed by atoms with Crippen molar-refractivity contribution < 1.29 is 32.3 Å². The van der Waals surface area contributed by atoms with Crippen LogP contribution in [0.25, 0.3) is 17.4 Å². The van der Waals surface area contributed by atoms with Gasteiger partial charge in [-0.25, -0.2) is 0 Å². The number of aliphatic carboxylic acids is 1. The number of alkyl halides is 3. The highest BCUT2D eigenvalue weighted by Crippen LogP contribution is 2.41. The Labute approximate surface area is 193 Å². The minimum absolute atomic E-state index is 0.0910. The number of carboxylic acids is 1. The van der Waals surface area contributed by atoms with Crippen LogP contribution in [0.3, 0.4) is 0 Å². The van der Waals surface area contributed by atoms with Crippen molar-refractivity contribution in [2.45, 2.75) is 19.0 Å². The lowest BCUT2D eigenvalue weighted by Crippen LogP contribution is -2.29. The van der Waals surface area contributed by atoms with E-state index in [1.807, 2.05) is 0 Å². The van der Waals surface area contributed by atoms with E-state index in [0.717, 1.165) is 23.9 Å². The van der Waals surface area contributed by atoms with Crippen molar-refractivity contribution in [1.29, 1.82) is 0 Å². The lowest BCUT2D eigenvalue weighted by Gasteiger charge is -2.13. The first-order chi connectivity index (χ1) is 14.5. The summed E-state index contributed by atoms with van der Waals surface area (Å²) in [5, 5.41) is 8.25. The number of thiocarbonyl (C=S) groups is 1.